The molecule has 2 saturated heterocycles. The summed E-state index contributed by atoms with van der Waals surface area (Å²) in [6, 6.07) is 7.14. The number of ether oxygens (including phenoxy) is 7. The van der Waals surface area contributed by atoms with Gasteiger partial charge in [-0.05, 0) is 107 Å². The molecule has 5 unspecified atom stereocenters. The molecule has 2 fully saturated rings. The second-order valence-corrected chi connectivity index (χ2v) is 23.9. The molecule has 24 nitrogen and oxygen atoms in total. The molecule has 10 atom stereocenters. The van der Waals surface area contributed by atoms with E-state index in [1.165, 1.54) is 37.9 Å². The summed E-state index contributed by atoms with van der Waals surface area (Å²) >= 11 is 0. The van der Waals surface area contributed by atoms with Crippen LogP contribution in [0, 0.1) is 18.8 Å². The van der Waals surface area contributed by atoms with Gasteiger partial charge in [-0.2, -0.15) is 0 Å². The molecular weight excluding hydrogens is 1150 g/mol. The molecular formula is C65H90N6O18. The Bertz CT molecular complexity index is 3000. The van der Waals surface area contributed by atoms with Gasteiger partial charge in [0.15, 0.2) is 5.72 Å². The minimum absolute atomic E-state index is 0.0181. The standard InChI is InChI=1S/C65H90N6O18/c1-12-54(73)66-28-25-55(74)67-48-32-44(23-24-46(48)35-58(77)86-47-20-16-14-13-15-17-21-47)38-85-60(78)40(3)26-29-69(8)63(81)84-30-27-56(75)70(9)43(6)61(79)88-53-36-57(76)71(10)49-33-45(34-50(72)41(49)4)31-39(2)19-18-22-52(83-11)65(82)37-51(87-62(80)68-65)42(5)59-64(53,7)89-59/h16,18-20,22-24,32-34,40,42-43,47,51-53,59,72,82H,12-15,17,21,25-31,35-38H2,1-11H3,(H,66,73)(H,67,74)(H,68,80)/b20-16+,22-18+,39-19+/t40?,42-,43+,47?,51?,52?,53+,59+,64+,65?/m1/s1. The number of epoxide rings is 1. The second kappa shape index (κ2) is 32.1. The third kappa shape index (κ3) is 19.6. The van der Waals surface area contributed by atoms with E-state index in [2.05, 4.69) is 16.0 Å². The lowest BCUT2D eigenvalue weighted by Crippen LogP contribution is -2.63. The first-order valence-corrected chi connectivity index (χ1v) is 30.6. The number of anilines is 2. The fourth-order valence-corrected chi connectivity index (χ4v) is 10.9. The molecule has 0 radical (unpaired) electrons. The van der Waals surface area contributed by atoms with Gasteiger partial charge in [-0.1, -0.05) is 69.2 Å². The van der Waals surface area contributed by atoms with Gasteiger partial charge in [0.05, 0.1) is 37.0 Å². The molecule has 4 bridgehead atoms. The number of carbonyl (C=O) groups excluding carboxylic acids is 9. The number of methoxy groups -OCH3 is 1. The van der Waals surface area contributed by atoms with Gasteiger partial charge in [-0.25, -0.2) is 14.4 Å². The number of aromatic hydroxyl groups is 1. The number of phenols is 1. The summed E-state index contributed by atoms with van der Waals surface area (Å²) in [5.74, 6) is -4.92. The molecule has 89 heavy (non-hydrogen) atoms. The summed E-state index contributed by atoms with van der Waals surface area (Å²) in [4.78, 5) is 123. The first-order valence-electron chi connectivity index (χ1n) is 30.6. The van der Waals surface area contributed by atoms with Crippen LogP contribution in [-0.2, 0) is 86.2 Å². The van der Waals surface area contributed by atoms with Crippen LogP contribution in [-0.4, -0.2) is 170 Å². The molecule has 4 aliphatic rings. The van der Waals surface area contributed by atoms with Crippen LogP contribution in [0.1, 0.15) is 134 Å². The second-order valence-electron chi connectivity index (χ2n) is 23.9. The predicted octanol–water partition coefficient (Wildman–Crippen LogP) is 6.92. The Morgan fingerprint density at radius 2 is 1.71 bits per heavy atom. The van der Waals surface area contributed by atoms with Gasteiger partial charge in [0, 0.05) is 77.8 Å². The van der Waals surface area contributed by atoms with Gasteiger partial charge in [0.2, 0.25) is 23.6 Å². The number of aliphatic hydroxyl groups is 1. The minimum Gasteiger partial charge on any atom is -0.508 e. The van der Waals surface area contributed by atoms with E-state index in [1.807, 2.05) is 25.2 Å². The zero-order valence-corrected chi connectivity index (χ0v) is 53.2. The van der Waals surface area contributed by atoms with E-state index in [1.54, 1.807) is 84.2 Å². The number of esters is 3. The molecule has 3 aliphatic heterocycles. The zero-order chi connectivity index (χ0) is 65.3. The zero-order valence-electron chi connectivity index (χ0n) is 53.2. The summed E-state index contributed by atoms with van der Waals surface area (Å²) < 4.78 is 40.6. The van der Waals surface area contributed by atoms with Gasteiger partial charge < -0.3 is 68.7 Å². The van der Waals surface area contributed by atoms with E-state index in [4.69, 9.17) is 33.2 Å². The Labute approximate surface area is 521 Å². The number of fused-ring (bicyclic) bond motifs is 5. The lowest BCUT2D eigenvalue weighted by Gasteiger charge is -2.42. The number of hydrogen-bond donors (Lipinski definition) is 5. The van der Waals surface area contributed by atoms with E-state index in [0.29, 0.717) is 40.0 Å². The summed E-state index contributed by atoms with van der Waals surface area (Å²) in [5.41, 5.74) is 0.501. The number of amides is 6. The molecule has 0 saturated carbocycles. The fraction of sp³-hybridized carbons (Fsp3) is 0.585. The van der Waals surface area contributed by atoms with Crippen molar-refractivity contribution >= 4 is 65.1 Å². The van der Waals surface area contributed by atoms with Crippen LogP contribution >= 0.6 is 0 Å². The van der Waals surface area contributed by atoms with Gasteiger partial charge in [0.25, 0.3) is 0 Å². The van der Waals surface area contributed by atoms with Crippen molar-refractivity contribution in [1.29, 1.82) is 0 Å². The number of likely N-dealkylation sites (N-methyl/N-ethyl adjacent to an activating group) is 1. The van der Waals surface area contributed by atoms with Crippen LogP contribution in [0.2, 0.25) is 0 Å². The van der Waals surface area contributed by atoms with Crippen LogP contribution < -0.4 is 20.9 Å². The number of nitrogens with zero attached hydrogens (tertiary/aromatic N) is 3. The number of nitrogens with one attached hydrogen (secondary N) is 3. The minimum atomic E-state index is -1.91. The third-order valence-electron chi connectivity index (χ3n) is 16.9. The van der Waals surface area contributed by atoms with E-state index < -0.39 is 108 Å². The predicted molar refractivity (Wildman–Crippen MR) is 327 cm³/mol. The topological polar surface area (TPSA) is 308 Å². The van der Waals surface area contributed by atoms with Gasteiger partial charge in [-0.15, -0.1) is 0 Å². The lowest BCUT2D eigenvalue weighted by atomic mass is 9.83. The van der Waals surface area contributed by atoms with E-state index in [0.717, 1.165) is 42.6 Å². The van der Waals surface area contributed by atoms with Gasteiger partial charge in [0.1, 0.15) is 55.0 Å². The maximum Gasteiger partial charge on any atom is 0.409 e. The number of carbonyl (C=O) groups is 9. The Kier molecular flexibility index (Phi) is 25.3. The van der Waals surface area contributed by atoms with Crippen molar-refractivity contribution < 1.29 is 86.5 Å². The molecule has 488 valence electrons. The Balaban J connectivity index is 1.03. The number of allylic oxidation sites excluding steroid dienone is 4. The first-order chi connectivity index (χ1) is 42.2. The van der Waals surface area contributed by atoms with Crippen molar-refractivity contribution in [2.75, 3.05) is 58.2 Å². The quantitative estimate of drug-likeness (QED) is 0.0366. The molecule has 2 aromatic carbocycles. The van der Waals surface area contributed by atoms with Crippen molar-refractivity contribution in [2.45, 2.75) is 186 Å². The van der Waals surface area contributed by atoms with E-state index in [9.17, 15) is 53.4 Å². The highest BCUT2D eigenvalue weighted by Crippen LogP contribution is 2.49. The fourth-order valence-electron chi connectivity index (χ4n) is 10.9. The third-order valence-corrected chi connectivity index (χ3v) is 16.9. The Morgan fingerprint density at radius 3 is 2.44 bits per heavy atom. The largest absolute Gasteiger partial charge is 0.508 e. The van der Waals surface area contributed by atoms with Crippen molar-refractivity contribution in [1.82, 2.24) is 20.4 Å². The molecule has 3 heterocycles. The Morgan fingerprint density at radius 1 is 0.955 bits per heavy atom. The highest BCUT2D eigenvalue weighted by Gasteiger charge is 2.64. The van der Waals surface area contributed by atoms with Crippen LogP contribution in [0.25, 0.3) is 0 Å². The van der Waals surface area contributed by atoms with Crippen LogP contribution in [0.3, 0.4) is 0 Å². The van der Waals surface area contributed by atoms with E-state index in [-0.39, 0.29) is 82.6 Å². The summed E-state index contributed by atoms with van der Waals surface area (Å²) in [7, 11) is 5.79. The molecule has 0 aromatic heterocycles. The highest BCUT2D eigenvalue weighted by atomic mass is 16.7. The van der Waals surface area contributed by atoms with Crippen LogP contribution in [0.5, 0.6) is 5.75 Å². The number of phenolic OH excluding ortho intramolecular Hbond substituents is 1. The summed E-state index contributed by atoms with van der Waals surface area (Å²) in [6.45, 7) is 11.4. The van der Waals surface area contributed by atoms with Gasteiger partial charge >= 0.3 is 30.1 Å². The van der Waals surface area contributed by atoms with Crippen molar-refractivity contribution in [3.63, 3.8) is 0 Å². The summed E-state index contributed by atoms with van der Waals surface area (Å²) in [6.07, 6.45) is 7.60. The number of hydrogen-bond acceptors (Lipinski definition) is 18. The molecule has 6 rings (SSSR count). The molecule has 6 amide bonds. The number of benzene rings is 2. The molecule has 2 aromatic rings. The Hall–Kier alpha value is -7.83. The molecule has 5 N–H and O–H groups in total. The number of alkyl carbamates (subject to hydrolysis) is 1. The smallest absolute Gasteiger partial charge is 0.409 e. The van der Waals surface area contributed by atoms with Gasteiger partial charge in [-0.3, -0.25) is 34.1 Å². The van der Waals surface area contributed by atoms with Crippen molar-refractivity contribution in [2.24, 2.45) is 11.8 Å². The van der Waals surface area contributed by atoms with Crippen LogP contribution in [0.4, 0.5) is 21.0 Å². The molecule has 0 spiro atoms. The van der Waals surface area contributed by atoms with Crippen LogP contribution in [0.15, 0.2) is 66.3 Å². The first kappa shape index (κ1) is 70.3. The molecule has 24 heteroatoms. The highest BCUT2D eigenvalue weighted by molar-refractivity contribution is 5.95. The maximum absolute atomic E-state index is 14.4. The van der Waals surface area contributed by atoms with E-state index >= 15 is 0 Å². The average molecular weight is 1240 g/mol. The lowest BCUT2D eigenvalue weighted by molar-refractivity contribution is -0.162. The average Bonchev–Trinajstić information content (AvgIpc) is 1.58. The maximum atomic E-state index is 14.4. The van der Waals surface area contributed by atoms with Crippen molar-refractivity contribution in [3.8, 4) is 5.75 Å². The monoisotopic (exact) mass is 1240 g/mol. The SMILES string of the molecule is CCC(=O)NCCC(=O)Nc1cc(COC(=O)C(C)CCN(C)C(=O)OCCC(=O)N(C)[C@@H](C)C(=O)O[C@H]2CC(=O)N(C)c3cc(cc(O)c3C)C/C(C)=C/C=C/C(OC)C3(O)CC(OC(=O)N3)[C@@H](C)[C@@H]3O[C@@]23C)ccc1CC(=O)OC1/C=C/CCCCC1. The number of rotatable bonds is 21. The summed E-state index contributed by atoms with van der Waals surface area (Å²) in [5, 5.41) is 30.9. The van der Waals surface area contributed by atoms with Crippen molar-refractivity contribution in [3.05, 3.63) is 88.5 Å². The normalized spacial score (nSPS) is 25.6. The molecule has 1 aliphatic carbocycles.